The molecule has 0 saturated carbocycles. The minimum Gasteiger partial charge on any atom is -0.338 e. The van der Waals surface area contributed by atoms with E-state index in [1.165, 1.54) is 42.5 Å². The van der Waals surface area contributed by atoms with Crippen LogP contribution < -0.4 is 5.73 Å². The zero-order chi connectivity index (χ0) is 15.5. The number of thiophene rings is 1. The molecule has 1 aliphatic heterocycles. The van der Waals surface area contributed by atoms with E-state index in [0.29, 0.717) is 5.92 Å². The van der Waals surface area contributed by atoms with Crippen molar-refractivity contribution in [1.82, 2.24) is 4.90 Å². The van der Waals surface area contributed by atoms with Gasteiger partial charge < -0.3 is 10.6 Å². The molecular formula is C18H29ClN2OS. The molecule has 2 aliphatic rings. The van der Waals surface area contributed by atoms with Crippen molar-refractivity contribution in [2.75, 3.05) is 13.1 Å². The smallest absolute Gasteiger partial charge is 0.263 e. The first-order valence-corrected chi connectivity index (χ1v) is 9.63. The van der Waals surface area contributed by atoms with E-state index in [1.54, 1.807) is 11.3 Å². The van der Waals surface area contributed by atoms with Crippen molar-refractivity contribution < 1.29 is 4.79 Å². The second-order valence-electron chi connectivity index (χ2n) is 6.96. The monoisotopic (exact) mass is 356 g/mol. The number of nitrogens with zero attached hydrogens (tertiary/aromatic N) is 1. The van der Waals surface area contributed by atoms with Gasteiger partial charge >= 0.3 is 0 Å². The third-order valence-electron chi connectivity index (χ3n) is 5.28. The second-order valence-corrected chi connectivity index (χ2v) is 8.10. The van der Waals surface area contributed by atoms with E-state index in [-0.39, 0.29) is 24.4 Å². The summed E-state index contributed by atoms with van der Waals surface area (Å²) in [5, 5.41) is 0. The topological polar surface area (TPSA) is 46.3 Å². The van der Waals surface area contributed by atoms with E-state index >= 15 is 0 Å². The van der Waals surface area contributed by atoms with Crippen LogP contribution in [-0.4, -0.2) is 29.9 Å². The highest BCUT2D eigenvalue weighted by Crippen LogP contribution is 2.30. The summed E-state index contributed by atoms with van der Waals surface area (Å²) >= 11 is 1.75. The molecule has 0 bridgehead atoms. The first-order valence-electron chi connectivity index (χ1n) is 8.81. The summed E-state index contributed by atoms with van der Waals surface area (Å²) in [6.45, 7) is 3.82. The zero-order valence-corrected chi connectivity index (χ0v) is 15.7. The van der Waals surface area contributed by atoms with E-state index in [9.17, 15) is 4.79 Å². The van der Waals surface area contributed by atoms with Gasteiger partial charge in [-0.1, -0.05) is 12.8 Å². The van der Waals surface area contributed by atoms with Crippen molar-refractivity contribution in [3.63, 3.8) is 0 Å². The summed E-state index contributed by atoms with van der Waals surface area (Å²) in [6.07, 6.45) is 9.65. The molecule has 1 atom stereocenters. The van der Waals surface area contributed by atoms with Gasteiger partial charge in [-0.25, -0.2) is 0 Å². The van der Waals surface area contributed by atoms with E-state index in [4.69, 9.17) is 5.73 Å². The number of likely N-dealkylation sites (tertiary alicyclic amines) is 1. The van der Waals surface area contributed by atoms with E-state index in [1.807, 2.05) is 4.90 Å². The van der Waals surface area contributed by atoms with Crippen LogP contribution in [0.2, 0.25) is 0 Å². The van der Waals surface area contributed by atoms with Crippen LogP contribution in [0.15, 0.2) is 6.07 Å². The van der Waals surface area contributed by atoms with Gasteiger partial charge in [0.1, 0.15) is 0 Å². The quantitative estimate of drug-likeness (QED) is 0.869. The van der Waals surface area contributed by atoms with Crippen LogP contribution in [0.3, 0.4) is 0 Å². The summed E-state index contributed by atoms with van der Waals surface area (Å²) in [5.74, 6) is 0.826. The average Bonchev–Trinajstić information content (AvgIpc) is 2.89. The molecule has 23 heavy (non-hydrogen) atoms. The number of amides is 1. The van der Waals surface area contributed by atoms with Gasteiger partial charge in [0.2, 0.25) is 0 Å². The van der Waals surface area contributed by atoms with Crippen LogP contribution >= 0.6 is 23.7 Å². The molecule has 1 saturated heterocycles. The highest BCUT2D eigenvalue weighted by atomic mass is 35.5. The first kappa shape index (κ1) is 18.8. The Morgan fingerprint density at radius 3 is 2.52 bits per heavy atom. The van der Waals surface area contributed by atoms with Gasteiger partial charge in [-0.2, -0.15) is 0 Å². The standard InChI is InChI=1S/C18H28N2OS.ClH/c1-13(19)14-8-10-20(11-9-14)18(21)17-12-15-6-4-2-3-5-7-16(15)22-17;/h12-14H,2-11,19H2,1H3;1H. The Kier molecular flexibility index (Phi) is 6.93. The van der Waals surface area contributed by atoms with E-state index in [2.05, 4.69) is 13.0 Å². The number of carbonyl (C=O) groups is 1. The fourth-order valence-corrected chi connectivity index (χ4v) is 4.96. The average molecular weight is 357 g/mol. The molecule has 2 heterocycles. The van der Waals surface area contributed by atoms with Gasteiger partial charge in [0, 0.05) is 24.0 Å². The van der Waals surface area contributed by atoms with Crippen LogP contribution in [0.5, 0.6) is 0 Å². The van der Waals surface area contributed by atoms with E-state index < -0.39 is 0 Å². The molecule has 1 aromatic rings. The van der Waals surface area contributed by atoms with Crippen LogP contribution in [0.1, 0.15) is 65.6 Å². The summed E-state index contributed by atoms with van der Waals surface area (Å²) in [4.78, 5) is 17.2. The molecule has 0 spiro atoms. The normalized spacial score (nSPS) is 20.9. The number of nitrogens with two attached hydrogens (primary N) is 1. The summed E-state index contributed by atoms with van der Waals surface area (Å²) in [7, 11) is 0. The summed E-state index contributed by atoms with van der Waals surface area (Å²) < 4.78 is 0. The largest absolute Gasteiger partial charge is 0.338 e. The van der Waals surface area contributed by atoms with Gasteiger partial charge in [-0.05, 0) is 63.0 Å². The molecule has 1 unspecified atom stereocenters. The van der Waals surface area contributed by atoms with Crippen LogP contribution in [0, 0.1) is 5.92 Å². The Hall–Kier alpha value is -0.580. The Labute approximate surface area is 150 Å². The fraction of sp³-hybridized carbons (Fsp3) is 0.722. The summed E-state index contributed by atoms with van der Waals surface area (Å²) in [5.41, 5.74) is 7.44. The third kappa shape index (κ3) is 4.49. The fourth-order valence-electron chi connectivity index (χ4n) is 3.73. The van der Waals surface area contributed by atoms with Crippen molar-refractivity contribution in [2.24, 2.45) is 11.7 Å². The lowest BCUT2D eigenvalue weighted by molar-refractivity contribution is 0.0686. The number of halogens is 1. The second kappa shape index (κ2) is 8.50. The first-order chi connectivity index (χ1) is 10.6. The molecule has 1 amide bonds. The molecule has 1 fully saturated rings. The molecule has 2 N–H and O–H groups in total. The Morgan fingerprint density at radius 2 is 1.87 bits per heavy atom. The lowest BCUT2D eigenvalue weighted by Crippen LogP contribution is -2.42. The number of carbonyl (C=O) groups excluding carboxylic acids is 1. The van der Waals surface area contributed by atoms with Gasteiger partial charge in [0.05, 0.1) is 4.88 Å². The maximum Gasteiger partial charge on any atom is 0.263 e. The molecule has 3 rings (SSSR count). The molecule has 0 radical (unpaired) electrons. The molecule has 1 aliphatic carbocycles. The van der Waals surface area contributed by atoms with Gasteiger partial charge in [-0.3, -0.25) is 4.79 Å². The molecule has 5 heteroatoms. The Balaban J connectivity index is 0.00000192. The van der Waals surface area contributed by atoms with Crippen molar-refractivity contribution >= 4 is 29.7 Å². The van der Waals surface area contributed by atoms with Gasteiger partial charge in [0.15, 0.2) is 0 Å². The highest BCUT2D eigenvalue weighted by Gasteiger charge is 2.27. The SMILES string of the molecule is CC(N)C1CCN(C(=O)c2cc3c(s2)CCCCCC3)CC1.Cl. The van der Waals surface area contributed by atoms with Crippen molar-refractivity contribution in [2.45, 2.75) is 64.3 Å². The number of aryl methyl sites for hydroxylation is 2. The number of fused-ring (bicyclic) bond motifs is 1. The molecule has 130 valence electrons. The molecule has 1 aromatic heterocycles. The zero-order valence-electron chi connectivity index (χ0n) is 14.1. The maximum absolute atomic E-state index is 12.8. The number of hydrogen-bond donors (Lipinski definition) is 1. The minimum atomic E-state index is 0. The van der Waals surface area contributed by atoms with Crippen LogP contribution in [0.25, 0.3) is 0 Å². The lowest BCUT2D eigenvalue weighted by Gasteiger charge is -2.33. The number of rotatable bonds is 2. The predicted molar refractivity (Wildman–Crippen MR) is 99.7 cm³/mol. The van der Waals surface area contributed by atoms with Crippen LogP contribution in [0.4, 0.5) is 0 Å². The van der Waals surface area contributed by atoms with Gasteiger partial charge in [0.25, 0.3) is 5.91 Å². The maximum atomic E-state index is 12.8. The lowest BCUT2D eigenvalue weighted by atomic mass is 9.91. The molecule has 3 nitrogen and oxygen atoms in total. The molecular weight excluding hydrogens is 328 g/mol. The Bertz CT molecular complexity index is 496. The predicted octanol–water partition coefficient (Wildman–Crippen LogP) is 4.03. The number of hydrogen-bond acceptors (Lipinski definition) is 3. The highest BCUT2D eigenvalue weighted by molar-refractivity contribution is 7.14. The van der Waals surface area contributed by atoms with Crippen LogP contribution in [-0.2, 0) is 12.8 Å². The van der Waals surface area contributed by atoms with Crippen molar-refractivity contribution in [1.29, 1.82) is 0 Å². The summed E-state index contributed by atoms with van der Waals surface area (Å²) in [6, 6.07) is 2.43. The number of piperidine rings is 1. The Morgan fingerprint density at radius 1 is 1.22 bits per heavy atom. The third-order valence-corrected chi connectivity index (χ3v) is 6.50. The molecule has 0 aromatic carbocycles. The minimum absolute atomic E-state index is 0. The van der Waals surface area contributed by atoms with Crippen molar-refractivity contribution in [3.8, 4) is 0 Å². The van der Waals surface area contributed by atoms with Gasteiger partial charge in [-0.15, -0.1) is 23.7 Å². The van der Waals surface area contributed by atoms with Crippen molar-refractivity contribution in [3.05, 3.63) is 21.4 Å². The van der Waals surface area contributed by atoms with E-state index in [0.717, 1.165) is 37.2 Å².